The molecule has 0 radical (unpaired) electrons. The van der Waals surface area contributed by atoms with Crippen LogP contribution in [0.15, 0.2) is 23.1 Å². The average molecular weight is 290 g/mol. The van der Waals surface area contributed by atoms with Gasteiger partial charge in [-0.3, -0.25) is 4.79 Å². The predicted molar refractivity (Wildman–Crippen MR) is 72.9 cm³/mol. The van der Waals surface area contributed by atoms with Gasteiger partial charge >= 0.3 is 0 Å². The van der Waals surface area contributed by atoms with Crippen molar-refractivity contribution in [3.05, 3.63) is 28.2 Å². The van der Waals surface area contributed by atoms with E-state index in [0.29, 0.717) is 21.7 Å². The van der Waals surface area contributed by atoms with Gasteiger partial charge < -0.3 is 5.32 Å². The number of hydrogen-bond acceptors (Lipinski definition) is 2. The minimum absolute atomic E-state index is 0.0397. The lowest BCUT2D eigenvalue weighted by atomic mass is 10.4. The van der Waals surface area contributed by atoms with Gasteiger partial charge in [0.25, 0.3) is 0 Å². The number of amides is 1. The number of nitrogens with one attached hydrogen (secondary N) is 1. The summed E-state index contributed by atoms with van der Waals surface area (Å²) >= 11 is 13.4. The van der Waals surface area contributed by atoms with Gasteiger partial charge in [-0.05, 0) is 30.9 Å². The maximum Gasteiger partial charge on any atom is 0.230 e. The van der Waals surface area contributed by atoms with Gasteiger partial charge in [-0.1, -0.05) is 29.3 Å². The van der Waals surface area contributed by atoms with Gasteiger partial charge in [0.2, 0.25) is 5.91 Å². The van der Waals surface area contributed by atoms with Crippen LogP contribution < -0.4 is 5.32 Å². The van der Waals surface area contributed by atoms with Crippen LogP contribution >= 0.6 is 35.0 Å². The van der Waals surface area contributed by atoms with E-state index in [-0.39, 0.29) is 5.91 Å². The summed E-state index contributed by atoms with van der Waals surface area (Å²) in [5.74, 6) is 1.10. The second-order valence-electron chi connectivity index (χ2n) is 4.09. The summed E-state index contributed by atoms with van der Waals surface area (Å²) in [4.78, 5) is 12.3. The van der Waals surface area contributed by atoms with Crippen molar-refractivity contribution in [1.29, 1.82) is 0 Å². The zero-order valence-electron chi connectivity index (χ0n) is 9.21. The van der Waals surface area contributed by atoms with Crippen LogP contribution in [-0.2, 0) is 4.79 Å². The Labute approximate surface area is 115 Å². The highest BCUT2D eigenvalue weighted by Gasteiger charge is 2.21. The Morgan fingerprint density at radius 2 is 2.00 bits per heavy atom. The summed E-state index contributed by atoms with van der Waals surface area (Å²) in [6.07, 6.45) is 2.48. The lowest BCUT2D eigenvalue weighted by molar-refractivity contribution is -0.118. The van der Waals surface area contributed by atoms with Gasteiger partial charge in [-0.25, -0.2) is 0 Å². The highest BCUT2D eigenvalue weighted by atomic mass is 35.5. The quantitative estimate of drug-likeness (QED) is 0.839. The van der Waals surface area contributed by atoms with Gasteiger partial charge in [-0.15, -0.1) is 11.8 Å². The fourth-order valence-corrected chi connectivity index (χ4v) is 2.90. The molecule has 1 aliphatic rings. The first-order chi connectivity index (χ1) is 8.16. The molecule has 0 heterocycles. The van der Waals surface area contributed by atoms with Crippen molar-refractivity contribution in [1.82, 2.24) is 5.32 Å². The van der Waals surface area contributed by atoms with Crippen LogP contribution in [0.3, 0.4) is 0 Å². The van der Waals surface area contributed by atoms with Crippen molar-refractivity contribution in [3.63, 3.8) is 0 Å². The molecule has 2 rings (SSSR count). The Balaban J connectivity index is 1.81. The lowest BCUT2D eigenvalue weighted by Gasteiger charge is -2.07. The molecular weight excluding hydrogens is 277 g/mol. The first-order valence-corrected chi connectivity index (χ1v) is 7.24. The number of hydrogen-bond donors (Lipinski definition) is 1. The molecule has 17 heavy (non-hydrogen) atoms. The first-order valence-electron chi connectivity index (χ1n) is 5.50. The number of carbonyl (C=O) groups excluding carboxylic acids is 1. The maximum absolute atomic E-state index is 11.6. The minimum atomic E-state index is 0.0397. The second-order valence-corrected chi connectivity index (χ2v) is 5.89. The van der Waals surface area contributed by atoms with Crippen LogP contribution in [0.1, 0.15) is 12.8 Å². The van der Waals surface area contributed by atoms with Crippen molar-refractivity contribution in [2.75, 3.05) is 12.3 Å². The molecule has 0 spiro atoms. The molecule has 0 saturated heterocycles. The molecule has 1 saturated carbocycles. The number of halogens is 2. The summed E-state index contributed by atoms with van der Waals surface area (Å²) in [6.45, 7) is 0.801. The van der Waals surface area contributed by atoms with E-state index in [1.54, 1.807) is 18.2 Å². The Hall–Kier alpha value is -0.380. The van der Waals surface area contributed by atoms with Crippen molar-refractivity contribution >= 4 is 40.9 Å². The zero-order chi connectivity index (χ0) is 12.3. The number of thioether (sulfide) groups is 1. The molecule has 1 N–H and O–H groups in total. The third kappa shape index (κ3) is 4.09. The van der Waals surface area contributed by atoms with Crippen LogP contribution in [0.25, 0.3) is 0 Å². The molecule has 1 aromatic carbocycles. The molecule has 0 unspecified atom stereocenters. The van der Waals surface area contributed by atoms with Crippen LogP contribution in [0.4, 0.5) is 0 Å². The number of carbonyl (C=O) groups is 1. The Kier molecular flexibility index (Phi) is 4.60. The first kappa shape index (κ1) is 13.1. The van der Waals surface area contributed by atoms with E-state index in [9.17, 15) is 4.79 Å². The molecule has 1 amide bonds. The van der Waals surface area contributed by atoms with Gasteiger partial charge in [0, 0.05) is 11.4 Å². The highest BCUT2D eigenvalue weighted by molar-refractivity contribution is 8.00. The zero-order valence-corrected chi connectivity index (χ0v) is 11.5. The predicted octanol–water partition coefficient (Wildman–Crippen LogP) is 3.61. The van der Waals surface area contributed by atoms with Crippen molar-refractivity contribution in [2.24, 2.45) is 5.92 Å². The third-order valence-electron chi connectivity index (χ3n) is 2.55. The average Bonchev–Trinajstić information content (AvgIpc) is 3.09. The van der Waals surface area contributed by atoms with Gasteiger partial charge in [0.15, 0.2) is 0 Å². The molecular formula is C12H13Cl2NOS. The third-order valence-corrected chi connectivity index (χ3v) is 4.54. The molecule has 0 atom stereocenters. The van der Waals surface area contributed by atoms with Crippen molar-refractivity contribution in [3.8, 4) is 0 Å². The van der Waals surface area contributed by atoms with Gasteiger partial charge in [-0.2, -0.15) is 0 Å². The fourth-order valence-electron chi connectivity index (χ4n) is 1.39. The minimum Gasteiger partial charge on any atom is -0.355 e. The van der Waals surface area contributed by atoms with E-state index >= 15 is 0 Å². The summed E-state index contributed by atoms with van der Waals surface area (Å²) in [7, 11) is 0. The monoisotopic (exact) mass is 289 g/mol. The summed E-state index contributed by atoms with van der Waals surface area (Å²) < 4.78 is 0. The van der Waals surface area contributed by atoms with E-state index in [2.05, 4.69) is 5.32 Å². The molecule has 0 aliphatic heterocycles. The van der Waals surface area contributed by atoms with E-state index in [1.807, 2.05) is 0 Å². The number of benzene rings is 1. The molecule has 5 heteroatoms. The number of rotatable bonds is 5. The Bertz CT molecular complexity index is 401. The Morgan fingerprint density at radius 3 is 2.59 bits per heavy atom. The molecule has 1 fully saturated rings. The standard InChI is InChI=1S/C12H13Cl2NOS/c13-9-2-1-3-10(14)12(9)17-7-11(16)15-6-8-4-5-8/h1-3,8H,4-7H2,(H,15,16). The molecule has 1 aliphatic carbocycles. The second kappa shape index (κ2) is 5.98. The molecule has 0 bridgehead atoms. The normalized spacial score (nSPS) is 14.7. The fraction of sp³-hybridized carbons (Fsp3) is 0.417. The van der Waals surface area contributed by atoms with Crippen molar-refractivity contribution < 1.29 is 4.79 Å². The smallest absolute Gasteiger partial charge is 0.230 e. The van der Waals surface area contributed by atoms with Crippen molar-refractivity contribution in [2.45, 2.75) is 17.7 Å². The largest absolute Gasteiger partial charge is 0.355 e. The Morgan fingerprint density at radius 1 is 1.35 bits per heavy atom. The SMILES string of the molecule is O=C(CSc1c(Cl)cccc1Cl)NCC1CC1. The van der Waals surface area contributed by atoms with E-state index in [0.717, 1.165) is 11.4 Å². The van der Waals surface area contributed by atoms with Crippen LogP contribution in [0.5, 0.6) is 0 Å². The van der Waals surface area contributed by atoms with Crippen LogP contribution in [-0.4, -0.2) is 18.2 Å². The lowest BCUT2D eigenvalue weighted by Crippen LogP contribution is -2.27. The maximum atomic E-state index is 11.6. The van der Waals surface area contributed by atoms with Crippen LogP contribution in [0, 0.1) is 5.92 Å². The van der Waals surface area contributed by atoms with Crippen LogP contribution in [0.2, 0.25) is 10.0 Å². The molecule has 2 nitrogen and oxygen atoms in total. The summed E-state index contributed by atoms with van der Waals surface area (Å²) in [5.41, 5.74) is 0. The van der Waals surface area contributed by atoms with E-state index in [4.69, 9.17) is 23.2 Å². The summed E-state index contributed by atoms with van der Waals surface area (Å²) in [6, 6.07) is 5.34. The molecule has 92 valence electrons. The summed E-state index contributed by atoms with van der Waals surface area (Å²) in [5, 5.41) is 4.10. The van der Waals surface area contributed by atoms with E-state index < -0.39 is 0 Å². The van der Waals surface area contributed by atoms with Gasteiger partial charge in [0.1, 0.15) is 0 Å². The molecule has 1 aromatic rings. The molecule has 0 aromatic heterocycles. The van der Waals surface area contributed by atoms with E-state index in [1.165, 1.54) is 24.6 Å². The van der Waals surface area contributed by atoms with Gasteiger partial charge in [0.05, 0.1) is 15.8 Å². The topological polar surface area (TPSA) is 29.1 Å². The highest BCUT2D eigenvalue weighted by Crippen LogP contribution is 2.33.